The predicted octanol–water partition coefficient (Wildman–Crippen LogP) is 0.798. The maximum absolute atomic E-state index is 11.2. The third kappa shape index (κ3) is 1.68. The lowest BCUT2D eigenvalue weighted by Crippen LogP contribution is -2.48. The van der Waals surface area contributed by atoms with E-state index in [1.54, 1.807) is 12.1 Å². The Balaban J connectivity index is 2.15. The Morgan fingerprint density at radius 3 is 2.89 bits per heavy atom. The van der Waals surface area contributed by atoms with Crippen LogP contribution in [0.3, 0.4) is 0 Å². The van der Waals surface area contributed by atoms with Crippen LogP contribution in [0.5, 0.6) is 0 Å². The number of hydrogen-bond donors (Lipinski definition) is 1. The van der Waals surface area contributed by atoms with Gasteiger partial charge in [-0.15, -0.1) is 0 Å². The number of fused-ring (bicyclic) bond motifs is 3. The predicted molar refractivity (Wildman–Crippen MR) is 65.5 cm³/mol. The van der Waals surface area contributed by atoms with Crippen molar-refractivity contribution >= 4 is 17.3 Å². The van der Waals surface area contributed by atoms with Crippen molar-refractivity contribution in [2.45, 2.75) is 18.4 Å². The molecule has 1 aliphatic carbocycles. The number of carboxylic acids is 1. The van der Waals surface area contributed by atoms with Gasteiger partial charge in [-0.1, -0.05) is 24.3 Å². The highest BCUT2D eigenvalue weighted by molar-refractivity contribution is 5.82. The monoisotopic (exact) mass is 259 g/mol. The second-order valence-corrected chi connectivity index (χ2v) is 4.79. The molecule has 3 atom stereocenters. The number of hydrogen-bond acceptors (Lipinski definition) is 5. The van der Waals surface area contributed by atoms with Crippen molar-refractivity contribution in [1.29, 1.82) is 0 Å². The van der Waals surface area contributed by atoms with Crippen LogP contribution in [0.4, 0.5) is 11.4 Å². The lowest BCUT2D eigenvalue weighted by molar-refractivity contribution is -0.384. The highest BCUT2D eigenvalue weighted by atomic mass is 16.6. The van der Waals surface area contributed by atoms with Gasteiger partial charge in [0.1, 0.15) is 5.69 Å². The fraction of sp³-hybridized carbons (Fsp3) is 0.308. The number of benzene rings is 1. The molecule has 1 aromatic carbocycles. The summed E-state index contributed by atoms with van der Waals surface area (Å²) in [5, 5.41) is 25.0. The van der Waals surface area contributed by atoms with Crippen molar-refractivity contribution < 1.29 is 14.8 Å². The largest absolute Gasteiger partial charge is 0.548 e. The van der Waals surface area contributed by atoms with Crippen molar-refractivity contribution in [3.8, 4) is 0 Å². The lowest BCUT2D eigenvalue weighted by atomic mass is 9.79. The molecule has 1 aromatic rings. The molecule has 19 heavy (non-hydrogen) atoms. The lowest BCUT2D eigenvalue weighted by Gasteiger charge is -2.37. The molecule has 1 heterocycles. The summed E-state index contributed by atoms with van der Waals surface area (Å²) in [7, 11) is 0. The summed E-state index contributed by atoms with van der Waals surface area (Å²) in [6.45, 7) is 0. The average Bonchev–Trinajstić information content (AvgIpc) is 2.85. The van der Waals surface area contributed by atoms with E-state index in [1.807, 2.05) is 12.2 Å². The van der Waals surface area contributed by atoms with Crippen LogP contribution in [0.2, 0.25) is 0 Å². The Hall–Kier alpha value is -2.37. The molecule has 2 aliphatic rings. The van der Waals surface area contributed by atoms with E-state index in [-0.39, 0.29) is 17.5 Å². The van der Waals surface area contributed by atoms with Crippen LogP contribution in [-0.2, 0) is 4.79 Å². The van der Waals surface area contributed by atoms with Crippen molar-refractivity contribution in [3.63, 3.8) is 0 Å². The molecule has 0 amide bonds. The summed E-state index contributed by atoms with van der Waals surface area (Å²) >= 11 is 0. The molecule has 6 nitrogen and oxygen atoms in total. The van der Waals surface area contributed by atoms with E-state index in [2.05, 4.69) is 5.32 Å². The summed E-state index contributed by atoms with van der Waals surface area (Å²) in [5.74, 6) is -1.46. The quantitative estimate of drug-likeness (QED) is 0.481. The van der Waals surface area contributed by atoms with Gasteiger partial charge in [0.05, 0.1) is 16.9 Å². The van der Waals surface area contributed by atoms with E-state index in [9.17, 15) is 20.0 Å². The number of para-hydroxylation sites is 1. The minimum atomic E-state index is -1.22. The Kier molecular flexibility index (Phi) is 2.51. The number of carbonyl (C=O) groups is 1. The van der Waals surface area contributed by atoms with E-state index < -0.39 is 16.9 Å². The standard InChI is InChI=1S/C13H12N2O4/c16-13(17)12-9-4-1-3-7(9)8-5-2-6-10(15(18)19)11(8)14-12/h1-3,5-7,9,12,14H,4H2,(H,16,17)/p-1/t7-,9-,12-/m1/s1. The molecule has 0 radical (unpaired) electrons. The first kappa shape index (κ1) is 11.7. The smallest absolute Gasteiger partial charge is 0.292 e. The molecular formula is C13H11N2O4-. The van der Waals surface area contributed by atoms with Crippen LogP contribution in [0.1, 0.15) is 17.9 Å². The van der Waals surface area contributed by atoms with Crippen LogP contribution in [0.15, 0.2) is 30.4 Å². The minimum Gasteiger partial charge on any atom is -0.548 e. The Morgan fingerprint density at radius 1 is 1.42 bits per heavy atom. The van der Waals surface area contributed by atoms with Crippen molar-refractivity contribution in [1.82, 2.24) is 0 Å². The van der Waals surface area contributed by atoms with E-state index in [0.29, 0.717) is 12.1 Å². The van der Waals surface area contributed by atoms with E-state index in [0.717, 1.165) is 5.56 Å². The number of anilines is 1. The molecule has 1 N–H and O–H groups in total. The maximum atomic E-state index is 11.2. The van der Waals surface area contributed by atoms with Gasteiger partial charge in [-0.2, -0.15) is 0 Å². The van der Waals surface area contributed by atoms with Gasteiger partial charge < -0.3 is 15.2 Å². The molecule has 98 valence electrons. The number of nitrogens with one attached hydrogen (secondary N) is 1. The van der Waals surface area contributed by atoms with E-state index in [1.165, 1.54) is 6.07 Å². The molecule has 0 bridgehead atoms. The molecular weight excluding hydrogens is 248 g/mol. The normalized spacial score (nSPS) is 27.3. The summed E-state index contributed by atoms with van der Waals surface area (Å²) < 4.78 is 0. The summed E-state index contributed by atoms with van der Waals surface area (Å²) in [6, 6.07) is 3.90. The van der Waals surface area contributed by atoms with Gasteiger partial charge in [0.15, 0.2) is 0 Å². The van der Waals surface area contributed by atoms with Gasteiger partial charge in [-0.3, -0.25) is 10.1 Å². The highest BCUT2D eigenvalue weighted by Gasteiger charge is 2.40. The van der Waals surface area contributed by atoms with Gasteiger partial charge in [-0.25, -0.2) is 0 Å². The molecule has 0 fully saturated rings. The second kappa shape index (κ2) is 4.08. The fourth-order valence-corrected chi connectivity index (χ4v) is 2.99. The zero-order valence-electron chi connectivity index (χ0n) is 9.91. The topological polar surface area (TPSA) is 95.3 Å². The Morgan fingerprint density at radius 2 is 2.21 bits per heavy atom. The molecule has 6 heteroatoms. The highest BCUT2D eigenvalue weighted by Crippen LogP contribution is 2.47. The summed E-state index contributed by atoms with van der Waals surface area (Å²) in [6.07, 6.45) is 4.48. The molecule has 0 unspecified atom stereocenters. The zero-order chi connectivity index (χ0) is 13.6. The first-order chi connectivity index (χ1) is 9.09. The number of nitrogens with zero attached hydrogens (tertiary/aromatic N) is 1. The maximum Gasteiger partial charge on any atom is 0.292 e. The Bertz CT molecular complexity index is 596. The summed E-state index contributed by atoms with van der Waals surface area (Å²) in [4.78, 5) is 21.7. The number of rotatable bonds is 2. The van der Waals surface area contributed by atoms with Gasteiger partial charge in [0.2, 0.25) is 0 Å². The zero-order valence-corrected chi connectivity index (χ0v) is 9.91. The molecule has 1 aliphatic heterocycles. The van der Waals surface area contributed by atoms with Gasteiger partial charge >= 0.3 is 0 Å². The molecule has 0 spiro atoms. The number of aliphatic carboxylic acids is 1. The van der Waals surface area contributed by atoms with Crippen LogP contribution >= 0.6 is 0 Å². The van der Waals surface area contributed by atoms with Crippen molar-refractivity contribution in [2.24, 2.45) is 5.92 Å². The Labute approximate surface area is 108 Å². The van der Waals surface area contributed by atoms with Gasteiger partial charge in [0, 0.05) is 12.0 Å². The van der Waals surface area contributed by atoms with Crippen LogP contribution < -0.4 is 10.4 Å². The van der Waals surface area contributed by atoms with E-state index in [4.69, 9.17) is 0 Å². The molecule has 3 rings (SSSR count). The second-order valence-electron chi connectivity index (χ2n) is 4.79. The molecule has 0 saturated carbocycles. The minimum absolute atomic E-state index is 0.0949. The summed E-state index contributed by atoms with van der Waals surface area (Å²) in [5.41, 5.74) is 0.988. The first-order valence-electron chi connectivity index (χ1n) is 6.01. The number of carbonyl (C=O) groups excluding carboxylic acids is 1. The van der Waals surface area contributed by atoms with Gasteiger partial charge in [0.25, 0.3) is 5.69 Å². The number of allylic oxidation sites excluding steroid dienone is 2. The van der Waals surface area contributed by atoms with Crippen molar-refractivity contribution in [3.05, 3.63) is 46.0 Å². The third-order valence-electron chi connectivity index (χ3n) is 3.83. The SMILES string of the molecule is O=C([O-])[C@@H]1Nc2c(cccc2[N+](=O)[O-])[C@H]2C=CC[C@H]21. The fourth-order valence-electron chi connectivity index (χ4n) is 2.99. The number of carboxylic acid groups (broad SMARTS) is 1. The number of nitro groups is 1. The van der Waals surface area contributed by atoms with Crippen LogP contribution in [0, 0.1) is 16.0 Å². The van der Waals surface area contributed by atoms with Crippen LogP contribution in [0.25, 0.3) is 0 Å². The first-order valence-corrected chi connectivity index (χ1v) is 6.01. The van der Waals surface area contributed by atoms with E-state index >= 15 is 0 Å². The van der Waals surface area contributed by atoms with Gasteiger partial charge in [-0.05, 0) is 17.9 Å². The molecule has 0 aromatic heterocycles. The number of nitro benzene ring substituents is 1. The average molecular weight is 259 g/mol. The van der Waals surface area contributed by atoms with Crippen molar-refractivity contribution in [2.75, 3.05) is 5.32 Å². The van der Waals surface area contributed by atoms with Crippen LogP contribution in [-0.4, -0.2) is 16.9 Å². The molecule has 0 saturated heterocycles. The third-order valence-corrected chi connectivity index (χ3v) is 3.83.